The third kappa shape index (κ3) is 4.24. The van der Waals surface area contributed by atoms with E-state index in [0.29, 0.717) is 19.1 Å². The Balaban J connectivity index is 1.95. The molecular formula is C16H20N2O2. The normalized spacial score (nSPS) is 10.3. The maximum atomic E-state index is 5.72. The Kier molecular flexibility index (Phi) is 5.38. The van der Waals surface area contributed by atoms with Gasteiger partial charge in [-0.2, -0.15) is 4.98 Å². The van der Waals surface area contributed by atoms with Gasteiger partial charge in [-0.05, 0) is 11.6 Å². The van der Waals surface area contributed by atoms with Crippen molar-refractivity contribution >= 4 is 5.82 Å². The summed E-state index contributed by atoms with van der Waals surface area (Å²) in [6.07, 6.45) is 0. The number of rotatable bonds is 7. The Morgan fingerprint density at radius 1 is 1.05 bits per heavy atom. The van der Waals surface area contributed by atoms with Gasteiger partial charge in [0.2, 0.25) is 5.88 Å². The molecule has 20 heavy (non-hydrogen) atoms. The maximum Gasteiger partial charge on any atom is 0.215 e. The monoisotopic (exact) mass is 272 g/mol. The fourth-order valence-electron chi connectivity index (χ4n) is 1.77. The van der Waals surface area contributed by atoms with E-state index in [2.05, 4.69) is 4.98 Å². The zero-order valence-corrected chi connectivity index (χ0v) is 12.0. The topological polar surface area (TPSA) is 34.6 Å². The first kappa shape index (κ1) is 14.3. The van der Waals surface area contributed by atoms with Crippen LogP contribution in [0, 0.1) is 0 Å². The minimum absolute atomic E-state index is 0.527. The van der Waals surface area contributed by atoms with Crippen molar-refractivity contribution in [2.75, 3.05) is 32.2 Å². The van der Waals surface area contributed by atoms with Crippen molar-refractivity contribution in [2.24, 2.45) is 0 Å². The third-order valence-electron chi connectivity index (χ3n) is 2.96. The predicted octanol–water partition coefficient (Wildman–Crippen LogP) is 2.74. The second kappa shape index (κ2) is 7.50. The molecule has 4 nitrogen and oxygen atoms in total. The van der Waals surface area contributed by atoms with Gasteiger partial charge in [0, 0.05) is 26.8 Å². The lowest BCUT2D eigenvalue weighted by Crippen LogP contribution is -2.23. The highest BCUT2D eigenvalue weighted by Gasteiger charge is 2.04. The summed E-state index contributed by atoms with van der Waals surface area (Å²) in [5.74, 6) is 1.52. The number of aromatic nitrogens is 1. The molecule has 4 heteroatoms. The fourth-order valence-corrected chi connectivity index (χ4v) is 1.77. The highest BCUT2D eigenvalue weighted by molar-refractivity contribution is 5.39. The molecule has 0 saturated heterocycles. The first-order valence-electron chi connectivity index (χ1n) is 6.63. The van der Waals surface area contributed by atoms with Crippen LogP contribution in [0.15, 0.2) is 48.5 Å². The van der Waals surface area contributed by atoms with Gasteiger partial charge in [0.1, 0.15) is 12.4 Å². The summed E-state index contributed by atoms with van der Waals surface area (Å²) >= 11 is 0. The molecule has 0 aliphatic heterocycles. The quantitative estimate of drug-likeness (QED) is 0.776. The van der Waals surface area contributed by atoms with Crippen molar-refractivity contribution in [3.8, 4) is 5.88 Å². The molecule has 0 radical (unpaired) electrons. The Morgan fingerprint density at radius 3 is 2.60 bits per heavy atom. The van der Waals surface area contributed by atoms with Crippen LogP contribution in [0.2, 0.25) is 0 Å². The molecule has 106 valence electrons. The third-order valence-corrected chi connectivity index (χ3v) is 2.96. The minimum Gasteiger partial charge on any atom is -0.473 e. The molecule has 0 spiro atoms. The molecule has 1 aromatic heterocycles. The number of pyridine rings is 1. The smallest absolute Gasteiger partial charge is 0.215 e. The molecule has 0 saturated carbocycles. The Bertz CT molecular complexity index is 517. The lowest BCUT2D eigenvalue weighted by Gasteiger charge is -2.18. The highest BCUT2D eigenvalue weighted by Crippen LogP contribution is 2.15. The van der Waals surface area contributed by atoms with Gasteiger partial charge in [-0.3, -0.25) is 0 Å². The van der Waals surface area contributed by atoms with E-state index in [9.17, 15) is 0 Å². The molecule has 2 aromatic rings. The van der Waals surface area contributed by atoms with E-state index in [1.165, 1.54) is 0 Å². The average Bonchev–Trinajstić information content (AvgIpc) is 2.52. The molecule has 2 rings (SSSR count). The van der Waals surface area contributed by atoms with Gasteiger partial charge in [-0.1, -0.05) is 36.4 Å². The van der Waals surface area contributed by atoms with Crippen LogP contribution in [0.1, 0.15) is 5.56 Å². The first-order valence-corrected chi connectivity index (χ1v) is 6.63. The first-order chi connectivity index (χ1) is 9.79. The molecule has 0 aliphatic carbocycles. The molecule has 1 aromatic carbocycles. The molecule has 0 fully saturated rings. The summed E-state index contributed by atoms with van der Waals surface area (Å²) < 4.78 is 10.8. The van der Waals surface area contributed by atoms with Crippen molar-refractivity contribution in [3.63, 3.8) is 0 Å². The van der Waals surface area contributed by atoms with E-state index >= 15 is 0 Å². The van der Waals surface area contributed by atoms with Crippen LogP contribution in [-0.4, -0.2) is 32.3 Å². The summed E-state index contributed by atoms with van der Waals surface area (Å²) in [7, 11) is 3.68. The van der Waals surface area contributed by atoms with Crippen molar-refractivity contribution < 1.29 is 9.47 Å². The van der Waals surface area contributed by atoms with Gasteiger partial charge in [-0.25, -0.2) is 0 Å². The number of likely N-dealkylation sites (N-methyl/N-ethyl adjacent to an activating group) is 1. The standard InChI is InChI=1S/C16H20N2O2/c1-18(11-12-19-2)15-9-6-10-16(17-15)20-13-14-7-4-3-5-8-14/h3-10H,11-13H2,1-2H3. The average molecular weight is 272 g/mol. The van der Waals surface area contributed by atoms with Crippen LogP contribution >= 0.6 is 0 Å². The molecular weight excluding hydrogens is 252 g/mol. The van der Waals surface area contributed by atoms with E-state index in [1.54, 1.807) is 7.11 Å². The predicted molar refractivity (Wildman–Crippen MR) is 80.2 cm³/mol. The van der Waals surface area contributed by atoms with Gasteiger partial charge in [0.05, 0.1) is 6.61 Å². The molecule has 0 amide bonds. The maximum absolute atomic E-state index is 5.72. The molecule has 0 N–H and O–H groups in total. The number of anilines is 1. The summed E-state index contributed by atoms with van der Waals surface area (Å²) in [4.78, 5) is 6.53. The van der Waals surface area contributed by atoms with Gasteiger partial charge < -0.3 is 14.4 Å². The van der Waals surface area contributed by atoms with E-state index in [4.69, 9.17) is 9.47 Å². The number of methoxy groups -OCH3 is 1. The number of nitrogens with zero attached hydrogens (tertiary/aromatic N) is 2. The fraction of sp³-hybridized carbons (Fsp3) is 0.312. The zero-order chi connectivity index (χ0) is 14.2. The minimum atomic E-state index is 0.527. The second-order valence-corrected chi connectivity index (χ2v) is 4.52. The van der Waals surface area contributed by atoms with Crippen molar-refractivity contribution in [2.45, 2.75) is 6.61 Å². The number of ether oxygens (including phenoxy) is 2. The Hall–Kier alpha value is -2.07. The molecule has 0 unspecified atom stereocenters. The van der Waals surface area contributed by atoms with Gasteiger partial charge in [0.15, 0.2) is 0 Å². The summed E-state index contributed by atoms with van der Waals surface area (Å²) in [5.41, 5.74) is 1.13. The van der Waals surface area contributed by atoms with E-state index in [-0.39, 0.29) is 0 Å². The number of benzene rings is 1. The van der Waals surface area contributed by atoms with E-state index < -0.39 is 0 Å². The second-order valence-electron chi connectivity index (χ2n) is 4.52. The van der Waals surface area contributed by atoms with Crippen LogP contribution in [-0.2, 0) is 11.3 Å². The SMILES string of the molecule is COCCN(C)c1cccc(OCc2ccccc2)n1. The van der Waals surface area contributed by atoms with Gasteiger partial charge >= 0.3 is 0 Å². The van der Waals surface area contributed by atoms with E-state index in [0.717, 1.165) is 17.9 Å². The molecule has 0 bridgehead atoms. The van der Waals surface area contributed by atoms with E-state index in [1.807, 2.05) is 60.5 Å². The summed E-state index contributed by atoms with van der Waals surface area (Å²) in [6, 6.07) is 15.9. The molecule has 1 heterocycles. The van der Waals surface area contributed by atoms with Crippen LogP contribution < -0.4 is 9.64 Å². The van der Waals surface area contributed by atoms with Crippen LogP contribution in [0.4, 0.5) is 5.82 Å². The largest absolute Gasteiger partial charge is 0.473 e. The van der Waals surface area contributed by atoms with Crippen molar-refractivity contribution in [1.82, 2.24) is 4.98 Å². The lowest BCUT2D eigenvalue weighted by atomic mass is 10.2. The van der Waals surface area contributed by atoms with Gasteiger partial charge in [0.25, 0.3) is 0 Å². The summed E-state index contributed by atoms with van der Waals surface area (Å²) in [5, 5.41) is 0. The highest BCUT2D eigenvalue weighted by atomic mass is 16.5. The van der Waals surface area contributed by atoms with Crippen LogP contribution in [0.3, 0.4) is 0 Å². The van der Waals surface area contributed by atoms with Gasteiger partial charge in [-0.15, -0.1) is 0 Å². The number of hydrogen-bond donors (Lipinski definition) is 0. The number of hydrogen-bond acceptors (Lipinski definition) is 4. The van der Waals surface area contributed by atoms with Crippen molar-refractivity contribution in [1.29, 1.82) is 0 Å². The summed E-state index contributed by atoms with van der Waals surface area (Å²) in [6.45, 7) is 2.00. The zero-order valence-electron chi connectivity index (χ0n) is 12.0. The molecule has 0 aliphatic rings. The van der Waals surface area contributed by atoms with Crippen molar-refractivity contribution in [3.05, 3.63) is 54.1 Å². The Morgan fingerprint density at radius 2 is 1.85 bits per heavy atom. The Labute approximate surface area is 120 Å². The lowest BCUT2D eigenvalue weighted by molar-refractivity contribution is 0.206. The van der Waals surface area contributed by atoms with Crippen LogP contribution in [0.25, 0.3) is 0 Å². The van der Waals surface area contributed by atoms with Crippen LogP contribution in [0.5, 0.6) is 5.88 Å². The molecule has 0 atom stereocenters.